The Bertz CT molecular complexity index is 326. The molecule has 2 fully saturated rings. The lowest BCUT2D eigenvalue weighted by Crippen LogP contribution is -2.46. The minimum Gasteiger partial charge on any atom is -0.392 e. The van der Waals surface area contributed by atoms with Crippen molar-refractivity contribution < 1.29 is 14.7 Å². The molecule has 2 unspecified atom stereocenters. The molecule has 0 spiro atoms. The van der Waals surface area contributed by atoms with Gasteiger partial charge in [0.05, 0.1) is 12.0 Å². The number of aliphatic hydroxyl groups is 1. The molecule has 1 saturated heterocycles. The van der Waals surface area contributed by atoms with Gasteiger partial charge in [-0.15, -0.1) is 0 Å². The van der Waals surface area contributed by atoms with E-state index in [1.54, 1.807) is 6.92 Å². The number of nitrogens with zero attached hydrogens (tertiary/aromatic N) is 1. The molecule has 18 heavy (non-hydrogen) atoms. The van der Waals surface area contributed by atoms with E-state index in [1.165, 1.54) is 0 Å². The molecule has 1 heterocycles. The number of likely N-dealkylation sites (tertiary alicyclic amines) is 1. The molecule has 0 radical (unpaired) electrons. The molecule has 0 aromatic rings. The highest BCUT2D eigenvalue weighted by atomic mass is 16.3. The smallest absolute Gasteiger partial charge is 0.225 e. The van der Waals surface area contributed by atoms with Crippen LogP contribution in [0.5, 0.6) is 0 Å². The summed E-state index contributed by atoms with van der Waals surface area (Å²) in [5, 5.41) is 11.9. The highest BCUT2D eigenvalue weighted by Crippen LogP contribution is 2.32. The van der Waals surface area contributed by atoms with Gasteiger partial charge in [-0.25, -0.2) is 0 Å². The summed E-state index contributed by atoms with van der Waals surface area (Å²) in [4.78, 5) is 25.7. The molecule has 5 heteroatoms. The zero-order chi connectivity index (χ0) is 13.1. The van der Waals surface area contributed by atoms with E-state index in [-0.39, 0.29) is 30.2 Å². The Hall–Kier alpha value is -1.10. The van der Waals surface area contributed by atoms with Gasteiger partial charge in [0.2, 0.25) is 11.8 Å². The van der Waals surface area contributed by atoms with Crippen LogP contribution in [0.4, 0.5) is 0 Å². The Labute approximate surface area is 108 Å². The van der Waals surface area contributed by atoms with Gasteiger partial charge in [0, 0.05) is 25.6 Å². The number of amides is 2. The summed E-state index contributed by atoms with van der Waals surface area (Å²) in [7, 11) is 0. The second-order valence-electron chi connectivity index (χ2n) is 5.49. The van der Waals surface area contributed by atoms with Crippen LogP contribution >= 0.6 is 0 Å². The second kappa shape index (κ2) is 5.69. The van der Waals surface area contributed by atoms with E-state index in [0.29, 0.717) is 6.54 Å². The minimum absolute atomic E-state index is 0.0378. The lowest BCUT2D eigenvalue weighted by Gasteiger charge is -2.32. The van der Waals surface area contributed by atoms with Crippen LogP contribution in [0.2, 0.25) is 0 Å². The van der Waals surface area contributed by atoms with Crippen molar-refractivity contribution in [3.8, 4) is 0 Å². The normalized spacial score (nSPS) is 25.7. The van der Waals surface area contributed by atoms with Crippen molar-refractivity contribution in [2.45, 2.75) is 38.7 Å². The summed E-state index contributed by atoms with van der Waals surface area (Å²) < 4.78 is 0. The molecule has 2 amide bonds. The first-order valence-electron chi connectivity index (χ1n) is 6.82. The van der Waals surface area contributed by atoms with Gasteiger partial charge in [-0.3, -0.25) is 9.59 Å². The molecule has 2 atom stereocenters. The van der Waals surface area contributed by atoms with E-state index in [2.05, 4.69) is 5.32 Å². The lowest BCUT2D eigenvalue weighted by atomic mass is 9.96. The Morgan fingerprint density at radius 2 is 2.06 bits per heavy atom. The average molecular weight is 254 g/mol. The molecule has 5 nitrogen and oxygen atoms in total. The van der Waals surface area contributed by atoms with E-state index in [9.17, 15) is 9.59 Å². The third-order valence-electron chi connectivity index (χ3n) is 3.60. The van der Waals surface area contributed by atoms with Crippen LogP contribution in [-0.4, -0.2) is 47.6 Å². The molecule has 0 aromatic heterocycles. The van der Waals surface area contributed by atoms with Gasteiger partial charge in [-0.2, -0.15) is 0 Å². The van der Waals surface area contributed by atoms with Gasteiger partial charge in [-0.05, 0) is 32.6 Å². The predicted molar refractivity (Wildman–Crippen MR) is 66.7 cm³/mol. The molecule has 2 N–H and O–H groups in total. The number of aliphatic hydroxyl groups excluding tert-OH is 1. The quantitative estimate of drug-likeness (QED) is 0.749. The maximum Gasteiger partial charge on any atom is 0.225 e. The number of hydrogen-bond donors (Lipinski definition) is 2. The number of rotatable bonds is 4. The number of hydrogen-bond acceptors (Lipinski definition) is 3. The van der Waals surface area contributed by atoms with Crippen LogP contribution in [0.3, 0.4) is 0 Å². The highest BCUT2D eigenvalue weighted by molar-refractivity contribution is 5.83. The Morgan fingerprint density at radius 3 is 2.67 bits per heavy atom. The number of carbonyl (C=O) groups is 2. The maximum atomic E-state index is 11.9. The average Bonchev–Trinajstić information content (AvgIpc) is 3.19. The van der Waals surface area contributed by atoms with Crippen molar-refractivity contribution in [1.29, 1.82) is 0 Å². The van der Waals surface area contributed by atoms with Crippen LogP contribution in [0, 0.1) is 11.8 Å². The SMILES string of the molecule is CC(O)CNC(=O)C1CCCN(C(=O)C2CC2)C1. The van der Waals surface area contributed by atoms with Gasteiger partial charge in [0.15, 0.2) is 0 Å². The van der Waals surface area contributed by atoms with Crippen LogP contribution in [-0.2, 0) is 9.59 Å². The fourth-order valence-electron chi connectivity index (χ4n) is 2.37. The van der Waals surface area contributed by atoms with Gasteiger partial charge in [0.1, 0.15) is 0 Å². The van der Waals surface area contributed by atoms with E-state index in [4.69, 9.17) is 5.11 Å². The molecule has 2 aliphatic rings. The molecule has 1 saturated carbocycles. The molecule has 0 aromatic carbocycles. The Balaban J connectivity index is 1.81. The largest absolute Gasteiger partial charge is 0.392 e. The molecule has 1 aliphatic heterocycles. The zero-order valence-electron chi connectivity index (χ0n) is 10.9. The Kier molecular flexibility index (Phi) is 4.22. The van der Waals surface area contributed by atoms with Crippen molar-refractivity contribution in [1.82, 2.24) is 10.2 Å². The van der Waals surface area contributed by atoms with Crippen molar-refractivity contribution in [2.24, 2.45) is 11.8 Å². The van der Waals surface area contributed by atoms with E-state index >= 15 is 0 Å². The predicted octanol–water partition coefficient (Wildman–Crippen LogP) is 0.132. The minimum atomic E-state index is -0.526. The first kappa shape index (κ1) is 13.3. The highest BCUT2D eigenvalue weighted by Gasteiger charge is 2.36. The molecular formula is C13H22N2O3. The molecular weight excluding hydrogens is 232 g/mol. The summed E-state index contributed by atoms with van der Waals surface area (Å²) in [6, 6.07) is 0. The topological polar surface area (TPSA) is 69.6 Å². The van der Waals surface area contributed by atoms with Gasteiger partial charge in [0.25, 0.3) is 0 Å². The standard InChI is InChI=1S/C13H22N2O3/c1-9(16)7-14-12(17)11-3-2-6-15(8-11)13(18)10-4-5-10/h9-11,16H,2-8H2,1H3,(H,14,17). The summed E-state index contributed by atoms with van der Waals surface area (Å²) >= 11 is 0. The summed E-state index contributed by atoms with van der Waals surface area (Å²) in [5.41, 5.74) is 0. The molecule has 1 aliphatic carbocycles. The van der Waals surface area contributed by atoms with Crippen molar-refractivity contribution in [2.75, 3.05) is 19.6 Å². The van der Waals surface area contributed by atoms with Crippen LogP contribution in [0.25, 0.3) is 0 Å². The molecule has 0 bridgehead atoms. The zero-order valence-corrected chi connectivity index (χ0v) is 10.9. The van der Waals surface area contributed by atoms with E-state index < -0.39 is 6.10 Å². The monoisotopic (exact) mass is 254 g/mol. The van der Waals surface area contributed by atoms with Gasteiger partial charge in [-0.1, -0.05) is 0 Å². The van der Waals surface area contributed by atoms with E-state index in [1.807, 2.05) is 4.90 Å². The number of nitrogens with one attached hydrogen (secondary N) is 1. The fraction of sp³-hybridized carbons (Fsp3) is 0.846. The number of piperidine rings is 1. The van der Waals surface area contributed by atoms with Gasteiger partial charge < -0.3 is 15.3 Å². The van der Waals surface area contributed by atoms with Crippen LogP contribution in [0.15, 0.2) is 0 Å². The fourth-order valence-corrected chi connectivity index (χ4v) is 2.37. The Morgan fingerprint density at radius 1 is 1.33 bits per heavy atom. The maximum absolute atomic E-state index is 11.9. The van der Waals surface area contributed by atoms with Crippen molar-refractivity contribution in [3.63, 3.8) is 0 Å². The van der Waals surface area contributed by atoms with Gasteiger partial charge >= 0.3 is 0 Å². The summed E-state index contributed by atoms with van der Waals surface area (Å²) in [6.07, 6.45) is 3.22. The molecule has 102 valence electrons. The third kappa shape index (κ3) is 3.45. The molecule has 2 rings (SSSR count). The summed E-state index contributed by atoms with van der Waals surface area (Å²) in [5.74, 6) is 0.302. The summed E-state index contributed by atoms with van der Waals surface area (Å²) in [6.45, 7) is 3.26. The second-order valence-corrected chi connectivity index (χ2v) is 5.49. The lowest BCUT2D eigenvalue weighted by molar-refractivity contribution is -0.136. The van der Waals surface area contributed by atoms with Crippen molar-refractivity contribution >= 4 is 11.8 Å². The first-order valence-corrected chi connectivity index (χ1v) is 6.82. The van der Waals surface area contributed by atoms with Crippen molar-refractivity contribution in [3.05, 3.63) is 0 Å². The third-order valence-corrected chi connectivity index (χ3v) is 3.60. The van der Waals surface area contributed by atoms with Crippen LogP contribution < -0.4 is 5.32 Å². The van der Waals surface area contributed by atoms with Crippen LogP contribution in [0.1, 0.15) is 32.6 Å². The first-order chi connectivity index (χ1) is 8.58. The van der Waals surface area contributed by atoms with E-state index in [0.717, 1.165) is 32.2 Å². The number of carbonyl (C=O) groups excluding carboxylic acids is 2.